The van der Waals surface area contributed by atoms with Crippen molar-refractivity contribution < 1.29 is 8.42 Å². The van der Waals surface area contributed by atoms with Gasteiger partial charge in [0.1, 0.15) is 0 Å². The van der Waals surface area contributed by atoms with Gasteiger partial charge in [-0.05, 0) is 25.7 Å². The Morgan fingerprint density at radius 1 is 1.31 bits per heavy atom. The number of hydrogen-bond donors (Lipinski definition) is 1. The fourth-order valence-corrected chi connectivity index (χ4v) is 2.86. The smallest absolute Gasteiger partial charge is 0.211 e. The molecule has 0 amide bonds. The van der Waals surface area contributed by atoms with Crippen LogP contribution in [0.3, 0.4) is 0 Å². The summed E-state index contributed by atoms with van der Waals surface area (Å²) >= 11 is 5.46. The van der Waals surface area contributed by atoms with Crippen LogP contribution in [0.15, 0.2) is 0 Å². The summed E-state index contributed by atoms with van der Waals surface area (Å²) in [6, 6.07) is 0.209. The highest BCUT2D eigenvalue weighted by atomic mass is 35.5. The molecule has 0 radical (unpaired) electrons. The van der Waals surface area contributed by atoms with Crippen molar-refractivity contribution in [3.05, 3.63) is 0 Å². The third-order valence-electron chi connectivity index (χ3n) is 2.25. The predicted octanol–water partition coefficient (Wildman–Crippen LogP) is 1.48. The maximum atomic E-state index is 11.4. The van der Waals surface area contributed by atoms with E-state index in [4.69, 9.17) is 11.6 Å². The van der Waals surface area contributed by atoms with Crippen LogP contribution in [0.25, 0.3) is 0 Å². The monoisotopic (exact) mass is 225 g/mol. The molecule has 3 nitrogen and oxygen atoms in total. The minimum Gasteiger partial charge on any atom is -0.212 e. The minimum absolute atomic E-state index is 0.209. The molecule has 0 heterocycles. The van der Waals surface area contributed by atoms with E-state index in [1.807, 2.05) is 0 Å². The van der Waals surface area contributed by atoms with Crippen LogP contribution in [0.1, 0.15) is 32.1 Å². The van der Waals surface area contributed by atoms with Crippen molar-refractivity contribution in [2.24, 2.45) is 0 Å². The Morgan fingerprint density at radius 3 is 2.46 bits per heavy atom. The second-order valence-corrected chi connectivity index (χ2v) is 5.71. The molecular formula is C8H16ClNO2S. The first kappa shape index (κ1) is 11.3. The van der Waals surface area contributed by atoms with Crippen molar-refractivity contribution >= 4 is 21.6 Å². The SMILES string of the molecule is O=S(=O)(CCCCCl)NC1CCC1. The van der Waals surface area contributed by atoms with E-state index in [0.29, 0.717) is 12.3 Å². The lowest BCUT2D eigenvalue weighted by Gasteiger charge is -2.25. The number of nitrogens with one attached hydrogen (secondary N) is 1. The maximum Gasteiger partial charge on any atom is 0.211 e. The van der Waals surface area contributed by atoms with Crippen molar-refractivity contribution in [1.82, 2.24) is 4.72 Å². The van der Waals surface area contributed by atoms with E-state index in [0.717, 1.165) is 25.7 Å². The third-order valence-corrected chi connectivity index (χ3v) is 4.03. The maximum absolute atomic E-state index is 11.4. The van der Waals surface area contributed by atoms with Crippen molar-refractivity contribution in [2.45, 2.75) is 38.1 Å². The van der Waals surface area contributed by atoms with Crippen LogP contribution in [-0.4, -0.2) is 26.1 Å². The zero-order chi connectivity index (χ0) is 9.73. The molecule has 0 bridgehead atoms. The fraction of sp³-hybridized carbons (Fsp3) is 1.00. The van der Waals surface area contributed by atoms with Gasteiger partial charge in [0.2, 0.25) is 10.0 Å². The lowest BCUT2D eigenvalue weighted by molar-refractivity contribution is 0.383. The molecule has 0 aliphatic heterocycles. The zero-order valence-corrected chi connectivity index (χ0v) is 9.20. The van der Waals surface area contributed by atoms with Gasteiger partial charge in [0.05, 0.1) is 5.75 Å². The Morgan fingerprint density at radius 2 is 2.00 bits per heavy atom. The highest BCUT2D eigenvalue weighted by Gasteiger charge is 2.22. The topological polar surface area (TPSA) is 46.2 Å². The van der Waals surface area contributed by atoms with Gasteiger partial charge in [0, 0.05) is 11.9 Å². The van der Waals surface area contributed by atoms with Gasteiger partial charge in [0.25, 0.3) is 0 Å². The normalized spacial score (nSPS) is 18.5. The van der Waals surface area contributed by atoms with Crippen molar-refractivity contribution in [3.8, 4) is 0 Å². The van der Waals surface area contributed by atoms with E-state index >= 15 is 0 Å². The second kappa shape index (κ2) is 5.17. The Hall–Kier alpha value is 0.200. The summed E-state index contributed by atoms with van der Waals surface area (Å²) in [5.41, 5.74) is 0. The van der Waals surface area contributed by atoms with Crippen LogP contribution in [-0.2, 0) is 10.0 Å². The Bertz CT molecular complexity index is 237. The van der Waals surface area contributed by atoms with Crippen LogP contribution < -0.4 is 4.72 Å². The molecule has 0 atom stereocenters. The molecule has 0 saturated heterocycles. The standard InChI is InChI=1S/C8H16ClNO2S/c9-6-1-2-7-13(11,12)10-8-4-3-5-8/h8,10H,1-7H2. The number of halogens is 1. The molecule has 0 aromatic heterocycles. The van der Waals surface area contributed by atoms with Crippen LogP contribution >= 0.6 is 11.6 Å². The Kier molecular flexibility index (Phi) is 4.49. The van der Waals surface area contributed by atoms with Gasteiger partial charge in [0.15, 0.2) is 0 Å². The summed E-state index contributed by atoms with van der Waals surface area (Å²) < 4.78 is 25.4. The van der Waals surface area contributed by atoms with Crippen LogP contribution in [0.4, 0.5) is 0 Å². The number of sulfonamides is 1. The average molecular weight is 226 g/mol. The first-order chi connectivity index (χ1) is 6.14. The van der Waals surface area contributed by atoms with E-state index in [1.54, 1.807) is 0 Å². The van der Waals surface area contributed by atoms with Crippen LogP contribution in [0.2, 0.25) is 0 Å². The molecule has 1 aliphatic rings. The molecule has 13 heavy (non-hydrogen) atoms. The molecule has 1 aliphatic carbocycles. The number of unbranched alkanes of at least 4 members (excludes halogenated alkanes) is 1. The van der Waals surface area contributed by atoms with Gasteiger partial charge in [-0.15, -0.1) is 11.6 Å². The third kappa shape index (κ3) is 4.29. The summed E-state index contributed by atoms with van der Waals surface area (Å²) in [6.07, 6.45) is 4.57. The van der Waals surface area contributed by atoms with Crippen molar-refractivity contribution in [2.75, 3.05) is 11.6 Å². The Labute approximate surface area is 84.9 Å². The molecular weight excluding hydrogens is 210 g/mol. The predicted molar refractivity (Wildman–Crippen MR) is 54.5 cm³/mol. The fourth-order valence-electron chi connectivity index (χ4n) is 1.23. The first-order valence-corrected chi connectivity index (χ1v) is 6.89. The van der Waals surface area contributed by atoms with Gasteiger partial charge in [-0.2, -0.15) is 0 Å². The number of hydrogen-bond acceptors (Lipinski definition) is 2. The molecule has 0 aromatic carbocycles. The molecule has 0 aromatic rings. The van der Waals surface area contributed by atoms with Gasteiger partial charge in [-0.1, -0.05) is 6.42 Å². The minimum atomic E-state index is -3.02. The molecule has 1 N–H and O–H groups in total. The van der Waals surface area contributed by atoms with Crippen molar-refractivity contribution in [1.29, 1.82) is 0 Å². The molecule has 1 saturated carbocycles. The first-order valence-electron chi connectivity index (χ1n) is 4.70. The van der Waals surface area contributed by atoms with E-state index in [-0.39, 0.29) is 11.8 Å². The van der Waals surface area contributed by atoms with Gasteiger partial charge < -0.3 is 0 Å². The number of rotatable bonds is 6. The molecule has 5 heteroatoms. The molecule has 0 spiro atoms. The van der Waals surface area contributed by atoms with Crippen molar-refractivity contribution in [3.63, 3.8) is 0 Å². The summed E-state index contributed by atoms with van der Waals surface area (Å²) in [6.45, 7) is 0. The Balaban J connectivity index is 2.20. The van der Waals surface area contributed by atoms with E-state index in [9.17, 15) is 8.42 Å². The average Bonchev–Trinajstić information content (AvgIpc) is 1.98. The summed E-state index contributed by atoms with van der Waals surface area (Å²) in [5, 5.41) is 0. The van der Waals surface area contributed by atoms with Gasteiger partial charge >= 0.3 is 0 Å². The highest BCUT2D eigenvalue weighted by molar-refractivity contribution is 7.89. The van der Waals surface area contributed by atoms with E-state index in [2.05, 4.69) is 4.72 Å². The number of alkyl halides is 1. The summed E-state index contributed by atoms with van der Waals surface area (Å²) in [4.78, 5) is 0. The molecule has 0 unspecified atom stereocenters. The highest BCUT2D eigenvalue weighted by Crippen LogP contribution is 2.19. The van der Waals surface area contributed by atoms with Gasteiger partial charge in [-0.25, -0.2) is 13.1 Å². The lowest BCUT2D eigenvalue weighted by Crippen LogP contribution is -2.40. The second-order valence-electron chi connectivity index (χ2n) is 3.46. The summed E-state index contributed by atoms with van der Waals surface area (Å²) in [5.74, 6) is 0.759. The van der Waals surface area contributed by atoms with Crippen LogP contribution in [0, 0.1) is 0 Å². The van der Waals surface area contributed by atoms with Crippen LogP contribution in [0.5, 0.6) is 0 Å². The van der Waals surface area contributed by atoms with E-state index < -0.39 is 10.0 Å². The quantitative estimate of drug-likeness (QED) is 0.550. The van der Waals surface area contributed by atoms with E-state index in [1.165, 1.54) is 0 Å². The lowest BCUT2D eigenvalue weighted by atomic mass is 9.94. The molecule has 1 rings (SSSR count). The summed E-state index contributed by atoms with van der Waals surface area (Å²) in [7, 11) is -3.02. The largest absolute Gasteiger partial charge is 0.212 e. The molecule has 1 fully saturated rings. The molecule has 78 valence electrons. The van der Waals surface area contributed by atoms with Gasteiger partial charge in [-0.3, -0.25) is 0 Å². The zero-order valence-electron chi connectivity index (χ0n) is 7.63.